The Kier molecular flexibility index (Phi) is 4.16. The van der Waals surface area contributed by atoms with E-state index in [-0.39, 0.29) is 11.0 Å². The van der Waals surface area contributed by atoms with Gasteiger partial charge >= 0.3 is 0 Å². The molecule has 1 fully saturated rings. The van der Waals surface area contributed by atoms with E-state index < -0.39 is 0 Å². The van der Waals surface area contributed by atoms with E-state index in [1.54, 1.807) is 7.11 Å². The highest BCUT2D eigenvalue weighted by Gasteiger charge is 2.43. The lowest BCUT2D eigenvalue weighted by molar-refractivity contribution is -0.372. The molecular formula is C16H26NO2+. The van der Waals surface area contributed by atoms with E-state index >= 15 is 0 Å². The summed E-state index contributed by atoms with van der Waals surface area (Å²) < 4.78 is 11.5. The lowest BCUT2D eigenvalue weighted by atomic mass is 9.67. The molecule has 0 saturated carbocycles. The van der Waals surface area contributed by atoms with Crippen LogP contribution in [0.2, 0.25) is 0 Å². The van der Waals surface area contributed by atoms with E-state index in [9.17, 15) is 0 Å². The van der Waals surface area contributed by atoms with Gasteiger partial charge in [-0.15, -0.1) is 0 Å². The lowest BCUT2D eigenvalue weighted by Crippen LogP contribution is -2.55. The third-order valence-corrected chi connectivity index (χ3v) is 4.17. The van der Waals surface area contributed by atoms with Crippen molar-refractivity contribution in [3.8, 4) is 5.75 Å². The van der Waals surface area contributed by atoms with E-state index in [1.807, 2.05) is 6.07 Å². The van der Waals surface area contributed by atoms with Gasteiger partial charge in [0, 0.05) is 24.0 Å². The first-order valence-electron chi connectivity index (χ1n) is 7.10. The van der Waals surface area contributed by atoms with Crippen LogP contribution in [0.25, 0.3) is 0 Å². The van der Waals surface area contributed by atoms with Crippen molar-refractivity contribution < 1.29 is 15.2 Å². The Bertz CT molecular complexity index is 427. The molecule has 0 spiro atoms. The van der Waals surface area contributed by atoms with Gasteiger partial charge in [0.2, 0.25) is 0 Å². The topological polar surface area (TPSA) is 46.1 Å². The van der Waals surface area contributed by atoms with Gasteiger partial charge < -0.3 is 15.2 Å². The van der Waals surface area contributed by atoms with Gasteiger partial charge in [-0.2, -0.15) is 0 Å². The van der Waals surface area contributed by atoms with E-state index in [1.165, 1.54) is 5.56 Å². The summed E-state index contributed by atoms with van der Waals surface area (Å²) in [5.41, 5.74) is 5.45. The predicted octanol–water partition coefficient (Wildman–Crippen LogP) is 2.15. The number of ether oxygens (including phenoxy) is 2. The van der Waals surface area contributed by atoms with Gasteiger partial charge in [0.05, 0.1) is 19.3 Å². The van der Waals surface area contributed by atoms with Crippen LogP contribution in [0.15, 0.2) is 24.3 Å². The highest BCUT2D eigenvalue weighted by atomic mass is 16.5. The maximum atomic E-state index is 5.90. The summed E-state index contributed by atoms with van der Waals surface area (Å²) in [6.45, 7) is 6.11. The molecule has 1 aromatic carbocycles. The summed E-state index contributed by atoms with van der Waals surface area (Å²) in [7, 11) is 1.75. The summed E-state index contributed by atoms with van der Waals surface area (Å²) in [6.07, 6.45) is 3.16. The summed E-state index contributed by atoms with van der Waals surface area (Å²) >= 11 is 0. The van der Waals surface area contributed by atoms with Gasteiger partial charge in [-0.3, -0.25) is 0 Å². The van der Waals surface area contributed by atoms with Crippen molar-refractivity contribution in [3.05, 3.63) is 29.8 Å². The van der Waals surface area contributed by atoms with E-state index in [0.29, 0.717) is 0 Å². The first-order valence-corrected chi connectivity index (χ1v) is 7.10. The quantitative estimate of drug-likeness (QED) is 0.905. The average Bonchev–Trinajstić information content (AvgIpc) is 2.38. The Morgan fingerprint density at radius 2 is 2.05 bits per heavy atom. The number of hydrogen-bond donors (Lipinski definition) is 1. The molecule has 1 atom stereocenters. The number of rotatable bonds is 4. The van der Waals surface area contributed by atoms with Crippen LogP contribution in [0, 0.1) is 0 Å². The molecule has 0 unspecified atom stereocenters. The van der Waals surface area contributed by atoms with Crippen LogP contribution in [0.4, 0.5) is 0 Å². The summed E-state index contributed by atoms with van der Waals surface area (Å²) in [4.78, 5) is 0. The molecule has 0 aliphatic carbocycles. The van der Waals surface area contributed by atoms with Crippen molar-refractivity contribution in [2.75, 3.05) is 20.3 Å². The Hall–Kier alpha value is -1.06. The highest BCUT2D eigenvalue weighted by Crippen LogP contribution is 2.46. The fourth-order valence-electron chi connectivity index (χ4n) is 3.48. The maximum absolute atomic E-state index is 5.90. The molecule has 1 aliphatic heterocycles. The molecule has 3 N–H and O–H groups in total. The molecule has 2 rings (SSSR count). The zero-order valence-electron chi connectivity index (χ0n) is 12.4. The molecule has 0 bridgehead atoms. The molecule has 1 heterocycles. The van der Waals surface area contributed by atoms with Gasteiger partial charge in [0.1, 0.15) is 5.75 Å². The lowest BCUT2D eigenvalue weighted by Gasteiger charge is -2.45. The zero-order chi connectivity index (χ0) is 13.9. The largest absolute Gasteiger partial charge is 0.496 e. The average molecular weight is 264 g/mol. The number of quaternary nitrogens is 1. The summed E-state index contributed by atoms with van der Waals surface area (Å²) in [5, 5.41) is 0. The molecule has 1 aromatic rings. The van der Waals surface area contributed by atoms with Crippen molar-refractivity contribution in [3.63, 3.8) is 0 Å². The Labute approximate surface area is 116 Å². The first kappa shape index (κ1) is 14.4. The van der Waals surface area contributed by atoms with Crippen LogP contribution in [0.3, 0.4) is 0 Å². The molecular weight excluding hydrogens is 238 g/mol. The fraction of sp³-hybridized carbons (Fsp3) is 0.625. The second kappa shape index (κ2) is 5.51. The number of methoxy groups -OCH3 is 1. The van der Waals surface area contributed by atoms with Crippen LogP contribution >= 0.6 is 0 Å². The number of para-hydroxylation sites is 1. The molecule has 3 nitrogen and oxygen atoms in total. The van der Waals surface area contributed by atoms with Gasteiger partial charge in [0.15, 0.2) is 0 Å². The second-order valence-corrected chi connectivity index (χ2v) is 6.12. The van der Waals surface area contributed by atoms with Crippen molar-refractivity contribution in [2.24, 2.45) is 0 Å². The third kappa shape index (κ3) is 2.93. The summed E-state index contributed by atoms with van der Waals surface area (Å²) in [5.74, 6) is 0.994. The molecule has 106 valence electrons. The van der Waals surface area contributed by atoms with Gasteiger partial charge in [-0.25, -0.2) is 0 Å². The van der Waals surface area contributed by atoms with Crippen LogP contribution in [-0.4, -0.2) is 25.9 Å². The molecule has 19 heavy (non-hydrogen) atoms. The van der Waals surface area contributed by atoms with E-state index in [4.69, 9.17) is 9.47 Å². The van der Waals surface area contributed by atoms with Crippen LogP contribution in [0.1, 0.15) is 38.7 Å². The minimum Gasteiger partial charge on any atom is -0.496 e. The Morgan fingerprint density at radius 1 is 1.32 bits per heavy atom. The molecule has 0 radical (unpaired) electrons. The van der Waals surface area contributed by atoms with Gasteiger partial charge in [-0.1, -0.05) is 18.2 Å². The predicted molar refractivity (Wildman–Crippen MR) is 76.3 cm³/mol. The Balaban J connectivity index is 2.43. The molecule has 0 amide bonds. The number of benzene rings is 1. The molecule has 1 aliphatic rings. The Morgan fingerprint density at radius 3 is 2.68 bits per heavy atom. The smallest absolute Gasteiger partial charge is 0.122 e. The van der Waals surface area contributed by atoms with Gasteiger partial charge in [-0.05, 0) is 32.8 Å². The summed E-state index contributed by atoms with van der Waals surface area (Å²) in [6, 6.07) is 8.40. The van der Waals surface area contributed by atoms with Crippen molar-refractivity contribution in [2.45, 2.75) is 44.1 Å². The monoisotopic (exact) mass is 264 g/mol. The van der Waals surface area contributed by atoms with Crippen molar-refractivity contribution >= 4 is 0 Å². The molecule has 3 heteroatoms. The van der Waals surface area contributed by atoms with Crippen molar-refractivity contribution in [1.82, 2.24) is 0 Å². The first-order chi connectivity index (χ1) is 9.03. The van der Waals surface area contributed by atoms with Crippen LogP contribution in [-0.2, 0) is 10.2 Å². The minimum atomic E-state index is -0.0751. The SMILES string of the molecule is COc1ccccc1[C@@]1(CC[NH3+])CCOC(C)(C)C1. The highest BCUT2D eigenvalue weighted by molar-refractivity contribution is 5.40. The van der Waals surface area contributed by atoms with Gasteiger partial charge in [0.25, 0.3) is 0 Å². The fourth-order valence-corrected chi connectivity index (χ4v) is 3.48. The maximum Gasteiger partial charge on any atom is 0.122 e. The minimum absolute atomic E-state index is 0.0751. The van der Waals surface area contributed by atoms with Crippen LogP contribution in [0.5, 0.6) is 5.75 Å². The zero-order valence-corrected chi connectivity index (χ0v) is 12.4. The number of hydrogen-bond acceptors (Lipinski definition) is 2. The van der Waals surface area contributed by atoms with E-state index in [2.05, 4.69) is 37.8 Å². The normalized spacial score (nSPS) is 26.1. The third-order valence-electron chi connectivity index (χ3n) is 4.17. The second-order valence-electron chi connectivity index (χ2n) is 6.12. The standard InChI is InChI=1S/C16H25NO2/c1-15(2)12-16(8-10-17,9-11-19-15)13-6-4-5-7-14(13)18-3/h4-7H,8-12,17H2,1-3H3/p+1/t16-/m0/s1. The molecule has 1 saturated heterocycles. The molecule has 0 aromatic heterocycles. The van der Waals surface area contributed by atoms with Crippen LogP contribution < -0.4 is 10.5 Å². The van der Waals surface area contributed by atoms with E-state index in [0.717, 1.165) is 38.2 Å². The van der Waals surface area contributed by atoms with Crippen molar-refractivity contribution in [1.29, 1.82) is 0 Å².